The van der Waals surface area contributed by atoms with Gasteiger partial charge in [0.15, 0.2) is 5.82 Å². The van der Waals surface area contributed by atoms with Crippen LogP contribution in [0.4, 0.5) is 24.0 Å². The molecule has 1 aliphatic heterocycles. The van der Waals surface area contributed by atoms with Crippen molar-refractivity contribution in [3.63, 3.8) is 0 Å². The number of amides is 2. The zero-order valence-electron chi connectivity index (χ0n) is 18.1. The van der Waals surface area contributed by atoms with Crippen molar-refractivity contribution < 1.29 is 22.5 Å². The summed E-state index contributed by atoms with van der Waals surface area (Å²) in [5.41, 5.74) is 1.25. The molecule has 3 heterocycles. The molecule has 9 nitrogen and oxygen atoms in total. The van der Waals surface area contributed by atoms with E-state index < -0.39 is 5.92 Å². The molecule has 0 atom stereocenters. The van der Waals surface area contributed by atoms with Gasteiger partial charge in [-0.15, -0.1) is 0 Å². The Balaban J connectivity index is 1.19. The van der Waals surface area contributed by atoms with Crippen LogP contribution in [-0.2, 0) is 7.05 Å². The predicted molar refractivity (Wildman–Crippen MR) is 113 cm³/mol. The van der Waals surface area contributed by atoms with Crippen molar-refractivity contribution in [2.75, 3.05) is 31.1 Å². The van der Waals surface area contributed by atoms with E-state index in [2.05, 4.69) is 20.4 Å². The van der Waals surface area contributed by atoms with E-state index in [0.29, 0.717) is 49.4 Å². The first-order valence-corrected chi connectivity index (χ1v) is 10.9. The number of carbonyl (C=O) groups excluding carboxylic acids is 1. The fraction of sp³-hybridized carbons (Fsp3) is 0.524. The highest BCUT2D eigenvalue weighted by Crippen LogP contribution is 2.33. The molecule has 1 saturated heterocycles. The maximum atomic E-state index is 13.5. The number of hydrogen-bond acceptors (Lipinski definition) is 6. The fourth-order valence-electron chi connectivity index (χ4n) is 4.36. The fourth-order valence-corrected chi connectivity index (χ4v) is 4.36. The van der Waals surface area contributed by atoms with Crippen LogP contribution in [0, 0.1) is 5.82 Å². The Morgan fingerprint density at radius 2 is 1.88 bits per heavy atom. The molecule has 1 aliphatic carbocycles. The molecular formula is C21H24F3N7O2. The van der Waals surface area contributed by atoms with E-state index in [9.17, 15) is 18.0 Å². The molecule has 3 aromatic rings. The maximum Gasteiger partial charge on any atom is 0.324 e. The first-order valence-electron chi connectivity index (χ1n) is 10.9. The van der Waals surface area contributed by atoms with Crippen molar-refractivity contribution in [1.82, 2.24) is 29.9 Å². The average Bonchev–Trinajstić information content (AvgIpc) is 3.40. The van der Waals surface area contributed by atoms with Gasteiger partial charge >= 0.3 is 12.0 Å². The highest BCUT2D eigenvalue weighted by molar-refractivity contribution is 5.79. The van der Waals surface area contributed by atoms with E-state index in [-0.39, 0.29) is 43.6 Å². The summed E-state index contributed by atoms with van der Waals surface area (Å²) in [7, 11) is 1.80. The summed E-state index contributed by atoms with van der Waals surface area (Å²) < 4.78 is 47.3. The highest BCUT2D eigenvalue weighted by atomic mass is 19.3. The smallest absolute Gasteiger partial charge is 0.324 e. The van der Waals surface area contributed by atoms with Crippen molar-refractivity contribution in [2.24, 2.45) is 7.05 Å². The summed E-state index contributed by atoms with van der Waals surface area (Å²) in [6.45, 7) is 1.87. The van der Waals surface area contributed by atoms with Gasteiger partial charge in [0.05, 0.1) is 11.0 Å². The number of imidazole rings is 1. The molecule has 2 aliphatic rings. The lowest BCUT2D eigenvalue weighted by atomic mass is 9.92. The van der Waals surface area contributed by atoms with Crippen molar-refractivity contribution in [2.45, 2.75) is 37.6 Å². The molecule has 2 aromatic heterocycles. The van der Waals surface area contributed by atoms with Crippen LogP contribution in [0.2, 0.25) is 0 Å². The number of carbonyl (C=O) groups is 1. The minimum atomic E-state index is -2.62. The van der Waals surface area contributed by atoms with E-state index in [0.717, 1.165) is 5.52 Å². The zero-order valence-corrected chi connectivity index (χ0v) is 18.1. The summed E-state index contributed by atoms with van der Waals surface area (Å²) in [5, 5.41) is 6.90. The number of nitrogens with zero attached hydrogens (tertiary/aromatic N) is 6. The minimum absolute atomic E-state index is 0.189. The summed E-state index contributed by atoms with van der Waals surface area (Å²) in [5.74, 6) is -2.24. The number of hydrogen-bond donors (Lipinski definition) is 1. The summed E-state index contributed by atoms with van der Waals surface area (Å²) in [4.78, 5) is 24.9. The number of aryl methyl sites for hydroxylation is 1. The van der Waals surface area contributed by atoms with Crippen molar-refractivity contribution >= 4 is 23.1 Å². The molecule has 33 heavy (non-hydrogen) atoms. The first kappa shape index (κ1) is 21.5. The number of rotatable bonds is 3. The summed E-state index contributed by atoms with van der Waals surface area (Å²) >= 11 is 0. The number of urea groups is 1. The van der Waals surface area contributed by atoms with Gasteiger partial charge in [0.1, 0.15) is 5.82 Å². The second-order valence-corrected chi connectivity index (χ2v) is 8.58. The summed E-state index contributed by atoms with van der Waals surface area (Å²) in [6, 6.07) is 4.24. The van der Waals surface area contributed by atoms with Gasteiger partial charge in [-0.2, -0.15) is 4.98 Å². The number of anilines is 1. The molecule has 176 valence electrons. The van der Waals surface area contributed by atoms with Crippen LogP contribution in [0.3, 0.4) is 0 Å². The molecule has 1 N–H and O–H groups in total. The number of fused-ring (bicyclic) bond motifs is 1. The third-order valence-electron chi connectivity index (χ3n) is 6.34. The lowest BCUT2D eigenvalue weighted by molar-refractivity contribution is -0.0398. The molecule has 2 amide bonds. The molecule has 1 aromatic carbocycles. The second-order valence-electron chi connectivity index (χ2n) is 8.58. The number of aromatic nitrogens is 4. The number of piperazine rings is 1. The molecule has 2 fully saturated rings. The third-order valence-corrected chi connectivity index (χ3v) is 6.34. The van der Waals surface area contributed by atoms with Gasteiger partial charge in [0, 0.05) is 58.2 Å². The maximum absolute atomic E-state index is 13.5. The standard InChI is InChI=1S/C21H24F3N7O2/c1-29-16-3-2-13(22)12-15(16)26-18(29)17-27-20(33-28-17)31-10-8-30(9-11-31)19(32)25-14-4-6-21(23,24)7-5-14/h2-3,12,14H,4-11H2,1H3,(H,25,32). The van der Waals surface area contributed by atoms with Crippen LogP contribution in [0.5, 0.6) is 0 Å². The van der Waals surface area contributed by atoms with Gasteiger partial charge in [-0.3, -0.25) is 0 Å². The lowest BCUT2D eigenvalue weighted by Gasteiger charge is -2.35. The Labute approximate surface area is 187 Å². The van der Waals surface area contributed by atoms with Crippen LogP contribution in [0.15, 0.2) is 22.7 Å². The van der Waals surface area contributed by atoms with Crippen LogP contribution in [0.1, 0.15) is 25.7 Å². The van der Waals surface area contributed by atoms with Crippen LogP contribution < -0.4 is 10.2 Å². The molecule has 0 bridgehead atoms. The SMILES string of the molecule is Cn1c(-c2noc(N3CCN(C(=O)NC4CCC(F)(F)CC4)CC3)n2)nc2cc(F)ccc21. The van der Waals surface area contributed by atoms with Crippen molar-refractivity contribution in [3.8, 4) is 11.6 Å². The Morgan fingerprint density at radius 1 is 1.15 bits per heavy atom. The molecule has 0 radical (unpaired) electrons. The van der Waals surface area contributed by atoms with E-state index in [1.807, 2.05) is 4.90 Å². The largest absolute Gasteiger partial charge is 0.335 e. The zero-order chi connectivity index (χ0) is 23.2. The molecule has 12 heteroatoms. The van der Waals surface area contributed by atoms with E-state index in [4.69, 9.17) is 4.52 Å². The average molecular weight is 463 g/mol. The number of alkyl halides is 2. The van der Waals surface area contributed by atoms with Gasteiger partial charge < -0.3 is 24.2 Å². The third kappa shape index (κ3) is 4.33. The van der Waals surface area contributed by atoms with Gasteiger partial charge in [-0.25, -0.2) is 22.9 Å². The molecule has 0 spiro atoms. The lowest BCUT2D eigenvalue weighted by Crippen LogP contribution is -2.54. The van der Waals surface area contributed by atoms with Crippen LogP contribution in [0.25, 0.3) is 22.7 Å². The van der Waals surface area contributed by atoms with Gasteiger partial charge in [0.25, 0.3) is 0 Å². The monoisotopic (exact) mass is 463 g/mol. The van der Waals surface area contributed by atoms with E-state index in [1.165, 1.54) is 12.1 Å². The van der Waals surface area contributed by atoms with Gasteiger partial charge in [0.2, 0.25) is 11.7 Å². The molecular weight excluding hydrogens is 439 g/mol. The molecule has 1 saturated carbocycles. The van der Waals surface area contributed by atoms with Gasteiger partial charge in [-0.05, 0) is 25.0 Å². The van der Waals surface area contributed by atoms with Crippen molar-refractivity contribution in [3.05, 3.63) is 24.0 Å². The Kier molecular flexibility index (Phi) is 5.37. The van der Waals surface area contributed by atoms with Crippen molar-refractivity contribution in [1.29, 1.82) is 0 Å². The number of nitrogens with one attached hydrogen (secondary N) is 1. The molecule has 5 rings (SSSR count). The second kappa shape index (κ2) is 8.23. The number of halogens is 3. The van der Waals surface area contributed by atoms with Crippen LogP contribution >= 0.6 is 0 Å². The van der Waals surface area contributed by atoms with E-state index >= 15 is 0 Å². The van der Waals surface area contributed by atoms with Crippen LogP contribution in [-0.4, -0.2) is 68.8 Å². The Hall–Kier alpha value is -3.31. The van der Waals surface area contributed by atoms with E-state index in [1.54, 1.807) is 22.6 Å². The molecule has 0 unspecified atom stereocenters. The Morgan fingerprint density at radius 3 is 2.61 bits per heavy atom. The predicted octanol–water partition coefficient (Wildman–Crippen LogP) is 3.17. The normalized spacial score (nSPS) is 19.3. The van der Waals surface area contributed by atoms with Gasteiger partial charge in [-0.1, -0.05) is 5.16 Å². The minimum Gasteiger partial charge on any atom is -0.335 e. The first-order chi connectivity index (χ1) is 15.8. The Bertz CT molecular complexity index is 1160. The number of benzene rings is 1. The summed E-state index contributed by atoms with van der Waals surface area (Å²) in [6.07, 6.45) is 0.202. The quantitative estimate of drug-likeness (QED) is 0.642. The topological polar surface area (TPSA) is 92.3 Å². The highest BCUT2D eigenvalue weighted by Gasteiger charge is 2.36.